The fraction of sp³-hybridized carbons (Fsp3) is 0.136. The maximum absolute atomic E-state index is 13.2. The summed E-state index contributed by atoms with van der Waals surface area (Å²) in [5.74, 6) is -1.02. The summed E-state index contributed by atoms with van der Waals surface area (Å²) in [7, 11) is 0. The molecule has 0 fully saturated rings. The van der Waals surface area contributed by atoms with E-state index in [4.69, 9.17) is 11.6 Å². The van der Waals surface area contributed by atoms with Crippen LogP contribution in [0.15, 0.2) is 66.1 Å². The number of hydrogen-bond donors (Lipinski definition) is 1. The lowest BCUT2D eigenvalue weighted by atomic mass is 10.1. The number of rotatable bonds is 6. The summed E-state index contributed by atoms with van der Waals surface area (Å²) in [4.78, 5) is 21.2. The Morgan fingerprint density at radius 2 is 1.54 bits per heavy atom. The monoisotopic (exact) mass is 558 g/mol. The molecule has 0 spiro atoms. The van der Waals surface area contributed by atoms with Crippen molar-refractivity contribution in [1.29, 1.82) is 0 Å². The minimum atomic E-state index is -5.07. The zero-order chi connectivity index (χ0) is 26.8. The largest absolute Gasteiger partial charge is 0.416 e. The number of nitrogens with zero attached hydrogens (tertiary/aromatic N) is 5. The number of carbonyl (C=O) groups is 1. The van der Waals surface area contributed by atoms with Crippen molar-refractivity contribution in [1.82, 2.24) is 25.0 Å². The number of alkyl halides is 6. The lowest BCUT2D eigenvalue weighted by molar-refractivity contribution is -0.143. The number of carbonyl (C=O) groups excluding carboxylic acids is 1. The molecule has 2 aromatic carbocycles. The molecular weight excluding hydrogens is 546 g/mol. The van der Waals surface area contributed by atoms with Crippen molar-refractivity contribution in [3.05, 3.63) is 88.5 Å². The minimum Gasteiger partial charge on any atom is -0.321 e. The van der Waals surface area contributed by atoms with Gasteiger partial charge in [-0.15, -0.1) is 5.10 Å². The Kier molecular flexibility index (Phi) is 7.41. The van der Waals surface area contributed by atoms with Gasteiger partial charge in [0.05, 0.1) is 22.5 Å². The average Bonchev–Trinajstić information content (AvgIpc) is 3.26. The smallest absolute Gasteiger partial charge is 0.321 e. The summed E-state index contributed by atoms with van der Waals surface area (Å²) in [5, 5.41) is 10.7. The number of amides is 1. The number of nitrogens with one attached hydrogen (secondary N) is 1. The highest BCUT2D eigenvalue weighted by atomic mass is 35.5. The van der Waals surface area contributed by atoms with E-state index < -0.39 is 35.1 Å². The predicted octanol–water partition coefficient (Wildman–Crippen LogP) is 6.29. The molecule has 192 valence electrons. The standard InChI is InChI=1S/C22H13ClF6N6OS/c23-14-2-4-16(5-3-14)35-17(11-37-20-30-6-1-7-31-20)18(33-34-35)19(36)32-15-9-12(21(24,25)26)8-13(10-15)22(27,28)29/h1-10H,11H2,(H,32,36). The highest BCUT2D eigenvalue weighted by Crippen LogP contribution is 2.37. The summed E-state index contributed by atoms with van der Waals surface area (Å²) >= 11 is 7.04. The van der Waals surface area contributed by atoms with Gasteiger partial charge < -0.3 is 5.32 Å². The van der Waals surface area contributed by atoms with Gasteiger partial charge in [0.2, 0.25) is 0 Å². The molecule has 0 radical (unpaired) electrons. The molecule has 0 saturated heterocycles. The summed E-state index contributed by atoms with van der Waals surface area (Å²) in [6.45, 7) is 0. The first-order valence-corrected chi connectivity index (χ1v) is 11.5. The Morgan fingerprint density at radius 1 is 0.946 bits per heavy atom. The van der Waals surface area contributed by atoms with Crippen LogP contribution in [0.25, 0.3) is 5.69 Å². The van der Waals surface area contributed by atoms with Crippen LogP contribution >= 0.6 is 23.4 Å². The van der Waals surface area contributed by atoms with Crippen molar-refractivity contribution in [3.63, 3.8) is 0 Å². The highest BCUT2D eigenvalue weighted by molar-refractivity contribution is 7.98. The zero-order valence-corrected chi connectivity index (χ0v) is 19.8. The van der Waals surface area contributed by atoms with E-state index in [1.807, 2.05) is 0 Å². The van der Waals surface area contributed by atoms with E-state index in [2.05, 4.69) is 25.6 Å². The fourth-order valence-corrected chi connectivity index (χ4v) is 4.03. The van der Waals surface area contributed by atoms with Crippen LogP contribution in [-0.4, -0.2) is 30.9 Å². The Balaban J connectivity index is 1.71. The SMILES string of the molecule is O=C(Nc1cc(C(F)(F)F)cc(C(F)(F)F)c1)c1nnn(-c2ccc(Cl)cc2)c1CSc1ncccn1. The molecule has 1 amide bonds. The van der Waals surface area contributed by atoms with Gasteiger partial charge in [-0.05, 0) is 48.5 Å². The Labute approximate surface area is 213 Å². The molecular formula is C22H13ClF6N6OS. The van der Waals surface area contributed by atoms with Crippen LogP contribution in [0.4, 0.5) is 32.0 Å². The van der Waals surface area contributed by atoms with Gasteiger partial charge in [-0.1, -0.05) is 28.6 Å². The lowest BCUT2D eigenvalue weighted by Crippen LogP contribution is -2.17. The van der Waals surface area contributed by atoms with Crippen LogP contribution in [-0.2, 0) is 18.1 Å². The van der Waals surface area contributed by atoms with Gasteiger partial charge in [-0.25, -0.2) is 14.6 Å². The van der Waals surface area contributed by atoms with Gasteiger partial charge >= 0.3 is 12.4 Å². The molecule has 0 bridgehead atoms. The maximum Gasteiger partial charge on any atom is 0.416 e. The van der Waals surface area contributed by atoms with Gasteiger partial charge in [0.15, 0.2) is 10.9 Å². The number of thioether (sulfide) groups is 1. The van der Waals surface area contributed by atoms with E-state index in [1.54, 1.807) is 30.3 Å². The van der Waals surface area contributed by atoms with E-state index in [9.17, 15) is 31.1 Å². The van der Waals surface area contributed by atoms with Gasteiger partial charge in [-0.2, -0.15) is 26.3 Å². The first-order chi connectivity index (χ1) is 17.4. The molecule has 0 aliphatic heterocycles. The third-order valence-electron chi connectivity index (χ3n) is 4.78. The van der Waals surface area contributed by atoms with Crippen LogP contribution < -0.4 is 5.32 Å². The number of halogens is 7. The first kappa shape index (κ1) is 26.4. The molecule has 0 aliphatic rings. The minimum absolute atomic E-state index is 0.0333. The number of aromatic nitrogens is 5. The van der Waals surface area contributed by atoms with E-state index in [0.717, 1.165) is 11.8 Å². The van der Waals surface area contributed by atoms with Crippen molar-refractivity contribution in [2.75, 3.05) is 5.32 Å². The zero-order valence-electron chi connectivity index (χ0n) is 18.2. The van der Waals surface area contributed by atoms with Crippen molar-refractivity contribution in [2.24, 2.45) is 0 Å². The van der Waals surface area contributed by atoms with Crippen molar-refractivity contribution in [3.8, 4) is 5.69 Å². The molecule has 7 nitrogen and oxygen atoms in total. The highest BCUT2D eigenvalue weighted by Gasteiger charge is 2.37. The topological polar surface area (TPSA) is 85.6 Å². The Morgan fingerprint density at radius 3 is 2.11 bits per heavy atom. The number of benzene rings is 2. The average molecular weight is 559 g/mol. The molecule has 15 heteroatoms. The second-order valence-electron chi connectivity index (χ2n) is 7.34. The number of anilines is 1. The molecule has 0 unspecified atom stereocenters. The molecule has 1 N–H and O–H groups in total. The quantitative estimate of drug-likeness (QED) is 0.170. The first-order valence-electron chi connectivity index (χ1n) is 10.1. The summed E-state index contributed by atoms with van der Waals surface area (Å²) in [6, 6.07) is 8.70. The van der Waals surface area contributed by atoms with E-state index >= 15 is 0 Å². The van der Waals surface area contributed by atoms with Crippen molar-refractivity contribution < 1.29 is 31.1 Å². The molecule has 0 saturated carbocycles. The molecule has 37 heavy (non-hydrogen) atoms. The van der Waals surface area contributed by atoms with Gasteiger partial charge in [0.1, 0.15) is 0 Å². The molecule has 2 aromatic heterocycles. The van der Waals surface area contributed by atoms with Gasteiger partial charge in [0, 0.05) is 28.9 Å². The second kappa shape index (κ2) is 10.4. The second-order valence-corrected chi connectivity index (χ2v) is 8.72. The van der Waals surface area contributed by atoms with Gasteiger partial charge in [-0.3, -0.25) is 4.79 Å². The van der Waals surface area contributed by atoms with E-state index in [0.29, 0.717) is 28.0 Å². The predicted molar refractivity (Wildman–Crippen MR) is 122 cm³/mol. The van der Waals surface area contributed by atoms with Crippen LogP contribution in [0.2, 0.25) is 5.02 Å². The lowest BCUT2D eigenvalue weighted by Gasteiger charge is -2.14. The maximum atomic E-state index is 13.2. The molecule has 0 atom stereocenters. The Hall–Kier alpha value is -3.65. The van der Waals surface area contributed by atoms with Gasteiger partial charge in [0.25, 0.3) is 5.91 Å². The number of hydrogen-bond acceptors (Lipinski definition) is 6. The summed E-state index contributed by atoms with van der Waals surface area (Å²) in [5.41, 5.74) is -3.51. The molecule has 0 aliphatic carbocycles. The Bertz CT molecular complexity index is 1380. The normalized spacial score (nSPS) is 12.0. The van der Waals surface area contributed by atoms with E-state index in [-0.39, 0.29) is 23.2 Å². The third kappa shape index (κ3) is 6.38. The van der Waals surface area contributed by atoms with Crippen LogP contribution in [0, 0.1) is 0 Å². The third-order valence-corrected chi connectivity index (χ3v) is 5.91. The fourth-order valence-electron chi connectivity index (χ4n) is 3.11. The summed E-state index contributed by atoms with van der Waals surface area (Å²) in [6.07, 6.45) is -7.14. The summed E-state index contributed by atoms with van der Waals surface area (Å²) < 4.78 is 80.6. The van der Waals surface area contributed by atoms with Crippen LogP contribution in [0.3, 0.4) is 0 Å². The van der Waals surface area contributed by atoms with Crippen molar-refractivity contribution >= 4 is 35.0 Å². The molecule has 2 heterocycles. The molecule has 4 aromatic rings. The molecule has 4 rings (SSSR count). The van der Waals surface area contributed by atoms with Crippen LogP contribution in [0.5, 0.6) is 0 Å². The van der Waals surface area contributed by atoms with Crippen LogP contribution in [0.1, 0.15) is 27.3 Å². The van der Waals surface area contributed by atoms with Crippen molar-refractivity contribution in [2.45, 2.75) is 23.3 Å². The van der Waals surface area contributed by atoms with E-state index in [1.165, 1.54) is 17.1 Å².